The van der Waals surface area contributed by atoms with Gasteiger partial charge in [0.1, 0.15) is 16.9 Å². The van der Waals surface area contributed by atoms with E-state index in [1.54, 1.807) is 12.1 Å². The summed E-state index contributed by atoms with van der Waals surface area (Å²) in [5, 5.41) is 3.94. The fourth-order valence-corrected chi connectivity index (χ4v) is 4.67. The summed E-state index contributed by atoms with van der Waals surface area (Å²) >= 11 is 1.09. The first-order valence-corrected chi connectivity index (χ1v) is 11.7. The van der Waals surface area contributed by atoms with Crippen LogP contribution >= 0.6 is 11.8 Å². The van der Waals surface area contributed by atoms with Gasteiger partial charge in [0.05, 0.1) is 11.4 Å². The van der Waals surface area contributed by atoms with Gasteiger partial charge < -0.3 is 10.3 Å². The van der Waals surface area contributed by atoms with Crippen LogP contribution in [0.5, 0.6) is 0 Å². The number of carbonyl (C=O) groups excluding carboxylic acids is 1. The van der Waals surface area contributed by atoms with E-state index in [0.29, 0.717) is 5.52 Å². The van der Waals surface area contributed by atoms with E-state index in [1.807, 2.05) is 56.3 Å². The number of benzene rings is 3. The summed E-state index contributed by atoms with van der Waals surface area (Å²) in [5.74, 6) is -0.794. The predicted octanol–water partition coefficient (Wildman–Crippen LogP) is 5.35. The summed E-state index contributed by atoms with van der Waals surface area (Å²) in [6.07, 6.45) is 0. The molecule has 0 fully saturated rings. The molecule has 8 heteroatoms. The standard InChI is InChI=1S/C26H21FN4O2S/c1-15-11-12-16(2)20(13-15)28-22(32)14-34-26-30-23-17-7-3-5-9-19(17)29-24(23)25(33)31(26)21-10-6-4-8-18(21)27/h3-13,29H,14H2,1-2H3,(H,28,32). The van der Waals surface area contributed by atoms with E-state index in [9.17, 15) is 14.0 Å². The summed E-state index contributed by atoms with van der Waals surface area (Å²) < 4.78 is 15.9. The quantitative estimate of drug-likeness (QED) is 0.267. The van der Waals surface area contributed by atoms with Gasteiger partial charge in [-0.2, -0.15) is 0 Å². The van der Waals surface area contributed by atoms with Crippen molar-refractivity contribution in [2.75, 3.05) is 11.1 Å². The van der Waals surface area contributed by atoms with Crippen LogP contribution < -0.4 is 10.9 Å². The highest BCUT2D eigenvalue weighted by Crippen LogP contribution is 2.27. The first kappa shape index (κ1) is 21.9. The Morgan fingerprint density at radius 3 is 2.68 bits per heavy atom. The molecule has 0 aliphatic rings. The van der Waals surface area contributed by atoms with Gasteiger partial charge in [-0.15, -0.1) is 0 Å². The summed E-state index contributed by atoms with van der Waals surface area (Å²) in [6.45, 7) is 3.88. The molecule has 0 aliphatic carbocycles. The van der Waals surface area contributed by atoms with Crippen LogP contribution in [0.15, 0.2) is 76.7 Å². The third-order valence-electron chi connectivity index (χ3n) is 5.59. The normalized spacial score (nSPS) is 11.3. The van der Waals surface area contributed by atoms with E-state index in [4.69, 9.17) is 4.98 Å². The molecule has 0 radical (unpaired) electrons. The minimum absolute atomic E-state index is 0.00212. The number of thioether (sulfide) groups is 1. The lowest BCUT2D eigenvalue weighted by Gasteiger charge is -2.13. The van der Waals surface area contributed by atoms with Gasteiger partial charge >= 0.3 is 0 Å². The molecule has 0 bridgehead atoms. The van der Waals surface area contributed by atoms with E-state index in [0.717, 1.165) is 39.5 Å². The number of anilines is 1. The van der Waals surface area contributed by atoms with E-state index >= 15 is 0 Å². The Morgan fingerprint density at radius 1 is 1.09 bits per heavy atom. The van der Waals surface area contributed by atoms with Crippen LogP contribution in [0.3, 0.4) is 0 Å². The number of carbonyl (C=O) groups is 1. The number of fused-ring (bicyclic) bond motifs is 3. The van der Waals surface area contributed by atoms with Crippen molar-refractivity contribution in [1.82, 2.24) is 14.5 Å². The van der Waals surface area contributed by atoms with Crippen molar-refractivity contribution in [3.63, 3.8) is 0 Å². The average molecular weight is 473 g/mol. The molecule has 0 spiro atoms. The van der Waals surface area contributed by atoms with Crippen LogP contribution in [0, 0.1) is 19.7 Å². The summed E-state index contributed by atoms with van der Waals surface area (Å²) in [6, 6.07) is 19.3. The molecule has 34 heavy (non-hydrogen) atoms. The third-order valence-corrected chi connectivity index (χ3v) is 6.53. The molecule has 0 saturated carbocycles. The number of H-pyrrole nitrogens is 1. The van der Waals surface area contributed by atoms with Gasteiger partial charge in [-0.25, -0.2) is 9.37 Å². The Bertz CT molecular complexity index is 1620. The van der Waals surface area contributed by atoms with Gasteiger partial charge in [-0.3, -0.25) is 14.2 Å². The number of nitrogens with zero attached hydrogens (tertiary/aromatic N) is 2. The van der Waals surface area contributed by atoms with Crippen LogP contribution in [0.2, 0.25) is 0 Å². The van der Waals surface area contributed by atoms with Crippen LogP contribution in [-0.2, 0) is 4.79 Å². The van der Waals surface area contributed by atoms with Crippen molar-refractivity contribution in [2.24, 2.45) is 0 Å². The fraction of sp³-hybridized carbons (Fsp3) is 0.115. The zero-order valence-electron chi connectivity index (χ0n) is 18.6. The number of rotatable bonds is 5. The Hall–Kier alpha value is -3.91. The van der Waals surface area contributed by atoms with Crippen molar-refractivity contribution in [3.05, 3.63) is 94.0 Å². The highest BCUT2D eigenvalue weighted by molar-refractivity contribution is 7.99. The molecule has 1 amide bonds. The molecule has 170 valence electrons. The van der Waals surface area contributed by atoms with Crippen LogP contribution in [-0.4, -0.2) is 26.2 Å². The number of hydrogen-bond acceptors (Lipinski definition) is 4. The molecule has 0 atom stereocenters. The number of amides is 1. The van der Waals surface area contributed by atoms with Gasteiger partial charge in [0, 0.05) is 16.6 Å². The third kappa shape index (κ3) is 3.97. The first-order valence-electron chi connectivity index (χ1n) is 10.7. The lowest BCUT2D eigenvalue weighted by Crippen LogP contribution is -2.23. The molecule has 0 saturated heterocycles. The molecule has 0 aliphatic heterocycles. The Labute approximate surface area is 198 Å². The molecule has 2 N–H and O–H groups in total. The topological polar surface area (TPSA) is 79.8 Å². The summed E-state index contributed by atoms with van der Waals surface area (Å²) in [7, 11) is 0. The number of nitrogens with one attached hydrogen (secondary N) is 2. The zero-order chi connectivity index (χ0) is 23.8. The second kappa shape index (κ2) is 8.79. The SMILES string of the molecule is Cc1ccc(C)c(NC(=O)CSc2nc3c([nH]c4ccccc43)c(=O)n2-c2ccccc2F)c1. The van der Waals surface area contributed by atoms with Gasteiger partial charge in [-0.05, 0) is 49.2 Å². The first-order chi connectivity index (χ1) is 16.4. The largest absolute Gasteiger partial charge is 0.349 e. The summed E-state index contributed by atoms with van der Waals surface area (Å²) in [5.41, 5.74) is 3.91. The van der Waals surface area contributed by atoms with E-state index in [1.165, 1.54) is 16.7 Å². The molecular formula is C26H21FN4O2S. The van der Waals surface area contributed by atoms with Crippen molar-refractivity contribution in [2.45, 2.75) is 19.0 Å². The highest BCUT2D eigenvalue weighted by Gasteiger charge is 2.20. The lowest BCUT2D eigenvalue weighted by molar-refractivity contribution is -0.113. The Balaban J connectivity index is 1.57. The number of aromatic amines is 1. The number of hydrogen-bond donors (Lipinski definition) is 2. The van der Waals surface area contributed by atoms with Crippen LogP contribution in [0.25, 0.3) is 27.6 Å². The number of para-hydroxylation sites is 2. The molecule has 2 heterocycles. The zero-order valence-corrected chi connectivity index (χ0v) is 19.4. The van der Waals surface area contributed by atoms with E-state index < -0.39 is 11.4 Å². The van der Waals surface area contributed by atoms with Crippen LogP contribution in [0.4, 0.5) is 10.1 Å². The monoisotopic (exact) mass is 472 g/mol. The average Bonchev–Trinajstić information content (AvgIpc) is 3.20. The van der Waals surface area contributed by atoms with E-state index in [-0.39, 0.29) is 28.0 Å². The maximum Gasteiger partial charge on any atom is 0.283 e. The lowest BCUT2D eigenvalue weighted by atomic mass is 10.1. The number of aryl methyl sites for hydroxylation is 2. The Morgan fingerprint density at radius 2 is 1.85 bits per heavy atom. The molecule has 2 aromatic heterocycles. The highest BCUT2D eigenvalue weighted by atomic mass is 32.2. The molecule has 3 aromatic carbocycles. The van der Waals surface area contributed by atoms with Gasteiger partial charge in [0.2, 0.25) is 5.91 Å². The summed E-state index contributed by atoms with van der Waals surface area (Å²) in [4.78, 5) is 34.1. The van der Waals surface area contributed by atoms with Crippen molar-refractivity contribution in [1.29, 1.82) is 0 Å². The fourth-order valence-electron chi connectivity index (χ4n) is 3.87. The van der Waals surface area contributed by atoms with E-state index in [2.05, 4.69) is 10.3 Å². The molecule has 6 nitrogen and oxygen atoms in total. The van der Waals surface area contributed by atoms with Crippen molar-refractivity contribution in [3.8, 4) is 5.69 Å². The molecular weight excluding hydrogens is 451 g/mol. The number of halogens is 1. The van der Waals surface area contributed by atoms with Crippen molar-refractivity contribution < 1.29 is 9.18 Å². The molecule has 0 unspecified atom stereocenters. The molecule has 5 aromatic rings. The second-order valence-electron chi connectivity index (χ2n) is 8.04. The van der Waals surface area contributed by atoms with Crippen molar-refractivity contribution >= 4 is 45.3 Å². The smallest absolute Gasteiger partial charge is 0.283 e. The Kier molecular flexibility index (Phi) is 5.67. The van der Waals surface area contributed by atoms with Crippen LogP contribution in [0.1, 0.15) is 11.1 Å². The van der Waals surface area contributed by atoms with Gasteiger partial charge in [0.25, 0.3) is 5.56 Å². The van der Waals surface area contributed by atoms with Gasteiger partial charge in [-0.1, -0.05) is 54.2 Å². The van der Waals surface area contributed by atoms with Gasteiger partial charge in [0.15, 0.2) is 5.16 Å². The minimum Gasteiger partial charge on any atom is -0.349 e. The predicted molar refractivity (Wildman–Crippen MR) is 134 cm³/mol. The molecule has 5 rings (SSSR count). The maximum atomic E-state index is 14.7. The number of aromatic nitrogens is 3. The maximum absolute atomic E-state index is 14.7. The second-order valence-corrected chi connectivity index (χ2v) is 8.98. The minimum atomic E-state index is -0.552.